The fraction of sp³-hybridized carbons (Fsp3) is 0.174. The Hall–Kier alpha value is -4.47. The molecule has 0 bridgehead atoms. The fourth-order valence-electron chi connectivity index (χ4n) is 2.71. The number of amidine groups is 1. The average molecular weight is 447 g/mol. The van der Waals surface area contributed by atoms with Crippen molar-refractivity contribution in [3.63, 3.8) is 0 Å². The lowest BCUT2D eigenvalue weighted by molar-refractivity contribution is -0.695. The molecule has 168 valence electrons. The fourth-order valence-corrected chi connectivity index (χ4v) is 2.71. The van der Waals surface area contributed by atoms with E-state index in [2.05, 4.69) is 20.4 Å². The molecule has 0 fully saturated rings. The number of azo groups is 1. The predicted molar refractivity (Wildman–Crippen MR) is 119 cm³/mol. The van der Waals surface area contributed by atoms with Gasteiger partial charge >= 0.3 is 11.9 Å². The minimum Gasteiger partial charge on any atom is -0.481 e. The lowest BCUT2D eigenvalue weighted by Gasteiger charge is -2.02. The molecular weight excluding hydrogens is 424 g/mol. The molecular formula is C23H23N6O4+. The molecule has 0 amide bonds. The maximum Gasteiger partial charge on any atom is 0.309 e. The van der Waals surface area contributed by atoms with Crippen LogP contribution in [0.15, 0.2) is 99.8 Å². The second kappa shape index (κ2) is 11.8. The highest BCUT2D eigenvalue weighted by Gasteiger charge is 2.06. The Kier molecular flexibility index (Phi) is 8.29. The van der Waals surface area contributed by atoms with Crippen LogP contribution in [-0.2, 0) is 22.7 Å². The quantitative estimate of drug-likeness (QED) is 0.172. The maximum absolute atomic E-state index is 10.7. The summed E-state index contributed by atoms with van der Waals surface area (Å²) in [5, 5.41) is 35.1. The first kappa shape index (κ1) is 23.2. The summed E-state index contributed by atoms with van der Waals surface area (Å²) < 4.78 is 3.51. The summed E-state index contributed by atoms with van der Waals surface area (Å²) in [4.78, 5) is 21.4. The Morgan fingerprint density at radius 1 is 0.879 bits per heavy atom. The van der Waals surface area contributed by atoms with Gasteiger partial charge in [0.25, 0.3) is 0 Å². The Balaban J connectivity index is 1.79. The molecule has 2 N–H and O–H groups in total. The van der Waals surface area contributed by atoms with Gasteiger partial charge in [0.15, 0.2) is 18.9 Å². The summed E-state index contributed by atoms with van der Waals surface area (Å²) in [6.07, 6.45) is 7.04. The first-order chi connectivity index (χ1) is 16.0. The van der Waals surface area contributed by atoms with Gasteiger partial charge in [-0.1, -0.05) is 30.3 Å². The number of hydrogen-bond acceptors (Lipinski definition) is 5. The number of carbonyl (C=O) groups is 2. The smallest absolute Gasteiger partial charge is 0.309 e. The molecule has 3 aromatic rings. The van der Waals surface area contributed by atoms with Gasteiger partial charge in [-0.05, 0) is 12.1 Å². The largest absolute Gasteiger partial charge is 0.481 e. The van der Waals surface area contributed by atoms with E-state index in [-0.39, 0.29) is 12.8 Å². The van der Waals surface area contributed by atoms with Gasteiger partial charge in [-0.15, -0.1) is 20.4 Å². The van der Waals surface area contributed by atoms with Gasteiger partial charge in [-0.3, -0.25) is 9.59 Å². The van der Waals surface area contributed by atoms with Crippen molar-refractivity contribution in [2.24, 2.45) is 20.4 Å². The van der Waals surface area contributed by atoms with Gasteiger partial charge in [0.2, 0.25) is 5.84 Å². The Bertz CT molecular complexity index is 1200. The van der Waals surface area contributed by atoms with Crippen LogP contribution in [0.2, 0.25) is 0 Å². The van der Waals surface area contributed by atoms with Crippen LogP contribution < -0.4 is 9.92 Å². The van der Waals surface area contributed by atoms with Crippen molar-refractivity contribution < 1.29 is 24.4 Å². The number of aromatic nitrogens is 2. The van der Waals surface area contributed by atoms with Gasteiger partial charge in [0.1, 0.15) is 6.42 Å². The van der Waals surface area contributed by atoms with Crippen molar-refractivity contribution in [3.05, 3.63) is 90.3 Å². The number of pyridine rings is 2. The van der Waals surface area contributed by atoms with Crippen LogP contribution in [-0.4, -0.2) is 32.6 Å². The lowest BCUT2D eigenvalue weighted by Crippen LogP contribution is -2.33. The Morgan fingerprint density at radius 3 is 2.18 bits per heavy atom. The second-order valence-electron chi connectivity index (χ2n) is 6.97. The van der Waals surface area contributed by atoms with Gasteiger partial charge in [-0.2, -0.15) is 0 Å². The van der Waals surface area contributed by atoms with E-state index in [1.54, 1.807) is 58.2 Å². The maximum atomic E-state index is 10.7. The van der Waals surface area contributed by atoms with E-state index in [0.29, 0.717) is 30.0 Å². The van der Waals surface area contributed by atoms with E-state index in [1.807, 2.05) is 30.3 Å². The molecule has 3 rings (SSSR count). The number of carboxylic acids is 2. The molecule has 10 heteroatoms. The molecule has 0 atom stereocenters. The van der Waals surface area contributed by atoms with E-state index in [0.717, 1.165) is 5.56 Å². The molecule has 0 aliphatic heterocycles. The minimum atomic E-state index is -0.854. The molecule has 0 radical (unpaired) electrons. The van der Waals surface area contributed by atoms with Gasteiger partial charge < -0.3 is 14.8 Å². The highest BCUT2D eigenvalue weighted by atomic mass is 16.4. The van der Waals surface area contributed by atoms with Gasteiger partial charge in [0.05, 0.1) is 17.5 Å². The van der Waals surface area contributed by atoms with Crippen molar-refractivity contribution >= 4 is 23.5 Å². The van der Waals surface area contributed by atoms with Crippen LogP contribution in [0.3, 0.4) is 0 Å². The number of aryl methyl sites for hydroxylation is 2. The van der Waals surface area contributed by atoms with Crippen LogP contribution in [0.25, 0.3) is 0 Å². The number of benzene rings is 1. The number of aliphatic carboxylic acids is 2. The average Bonchev–Trinajstić information content (AvgIpc) is 2.83. The monoisotopic (exact) mass is 447 g/mol. The van der Waals surface area contributed by atoms with E-state index < -0.39 is 11.9 Å². The summed E-state index contributed by atoms with van der Waals surface area (Å²) in [5.74, 6) is -1.39. The van der Waals surface area contributed by atoms with Crippen LogP contribution >= 0.6 is 0 Å². The van der Waals surface area contributed by atoms with Crippen LogP contribution in [0.4, 0.5) is 5.69 Å². The lowest BCUT2D eigenvalue weighted by atomic mass is 10.2. The topological polar surface area (TPSA) is 133 Å². The normalized spacial score (nSPS) is 11.5. The van der Waals surface area contributed by atoms with E-state index in [4.69, 9.17) is 10.2 Å². The van der Waals surface area contributed by atoms with Crippen molar-refractivity contribution in [1.29, 1.82) is 0 Å². The first-order valence-corrected chi connectivity index (χ1v) is 10.2. The summed E-state index contributed by atoms with van der Waals surface area (Å²) in [6, 6.07) is 16.2. The van der Waals surface area contributed by atoms with Gasteiger partial charge in [0, 0.05) is 36.6 Å². The van der Waals surface area contributed by atoms with E-state index in [1.165, 1.54) is 0 Å². The SMILES string of the molecule is O=C(O)CCn1ccc(=NN=C(N=Nc2cc[n+](CCC(=O)O)cc2)c2ccccc2)cc1. The van der Waals surface area contributed by atoms with Crippen molar-refractivity contribution in [2.45, 2.75) is 25.9 Å². The third-order valence-electron chi connectivity index (χ3n) is 4.47. The van der Waals surface area contributed by atoms with Crippen LogP contribution in [0.5, 0.6) is 0 Å². The molecule has 1 aromatic carbocycles. The Labute approximate surface area is 189 Å². The zero-order valence-electron chi connectivity index (χ0n) is 17.7. The zero-order valence-corrected chi connectivity index (χ0v) is 17.7. The molecule has 10 nitrogen and oxygen atoms in total. The van der Waals surface area contributed by atoms with Crippen molar-refractivity contribution in [2.75, 3.05) is 0 Å². The zero-order chi connectivity index (χ0) is 23.5. The van der Waals surface area contributed by atoms with Crippen molar-refractivity contribution in [3.8, 4) is 0 Å². The number of carboxylic acid groups (broad SMARTS) is 2. The van der Waals surface area contributed by atoms with Crippen LogP contribution in [0.1, 0.15) is 18.4 Å². The standard InChI is InChI=1S/C23H22N6O4/c30-21(31)10-16-28-12-6-19(7-13-28)24-26-23(18-4-2-1-3-5-18)27-25-20-8-14-29(15-9-20)17-11-22(32)33/h1-9,12-15H,10-11,16-17H2,(H-,30,31,32,33)/p+1. The highest BCUT2D eigenvalue weighted by Crippen LogP contribution is 2.11. The summed E-state index contributed by atoms with van der Waals surface area (Å²) >= 11 is 0. The molecule has 2 heterocycles. The number of hydrogen-bond donors (Lipinski definition) is 2. The third-order valence-corrected chi connectivity index (χ3v) is 4.47. The third kappa shape index (κ3) is 7.94. The van der Waals surface area contributed by atoms with Crippen LogP contribution in [0, 0.1) is 0 Å². The molecule has 2 aromatic heterocycles. The summed E-state index contributed by atoms with van der Waals surface area (Å²) in [7, 11) is 0. The predicted octanol–water partition coefficient (Wildman–Crippen LogP) is 2.77. The number of nitrogens with zero attached hydrogens (tertiary/aromatic N) is 6. The minimum absolute atomic E-state index is 0.0386. The van der Waals surface area contributed by atoms with Gasteiger partial charge in [-0.25, -0.2) is 4.57 Å². The number of rotatable bonds is 9. The first-order valence-electron chi connectivity index (χ1n) is 10.2. The summed E-state index contributed by atoms with van der Waals surface area (Å²) in [6.45, 7) is 0.742. The molecule has 33 heavy (non-hydrogen) atoms. The molecule has 0 saturated carbocycles. The molecule has 0 aliphatic carbocycles. The second-order valence-corrected chi connectivity index (χ2v) is 6.97. The Morgan fingerprint density at radius 2 is 1.55 bits per heavy atom. The molecule has 0 unspecified atom stereocenters. The molecule has 0 spiro atoms. The highest BCUT2D eigenvalue weighted by molar-refractivity contribution is 5.99. The molecule has 0 saturated heterocycles. The van der Waals surface area contributed by atoms with E-state index in [9.17, 15) is 9.59 Å². The summed E-state index contributed by atoms with van der Waals surface area (Å²) in [5.41, 5.74) is 1.33. The van der Waals surface area contributed by atoms with E-state index >= 15 is 0 Å². The molecule has 0 aliphatic rings. The van der Waals surface area contributed by atoms with Crippen molar-refractivity contribution in [1.82, 2.24) is 4.57 Å².